The minimum absolute atomic E-state index is 0.131. The summed E-state index contributed by atoms with van der Waals surface area (Å²) in [5, 5.41) is 16.4. The molecule has 1 N–H and O–H groups in total. The number of aryl methyl sites for hydroxylation is 2. The largest absolute Gasteiger partial charge is 0.489 e. The summed E-state index contributed by atoms with van der Waals surface area (Å²) >= 11 is 12.9. The molecule has 4 aromatic carbocycles. The molecule has 5 aromatic rings. The van der Waals surface area contributed by atoms with Crippen molar-refractivity contribution in [3.05, 3.63) is 106 Å². The third kappa shape index (κ3) is 6.11. The second-order valence-electron chi connectivity index (χ2n) is 9.38. The first kappa shape index (κ1) is 26.8. The van der Waals surface area contributed by atoms with Gasteiger partial charge in [-0.1, -0.05) is 83.8 Å². The van der Waals surface area contributed by atoms with E-state index in [2.05, 4.69) is 30.3 Å². The third-order valence-electron chi connectivity index (χ3n) is 6.66. The molecule has 39 heavy (non-hydrogen) atoms. The van der Waals surface area contributed by atoms with Crippen LogP contribution in [0.4, 0.5) is 0 Å². The number of fused-ring (bicyclic) bond motifs is 1. The number of ether oxygens (including phenoxy) is 1. The van der Waals surface area contributed by atoms with Gasteiger partial charge in [-0.15, -0.1) is 0 Å². The van der Waals surface area contributed by atoms with Gasteiger partial charge in [-0.3, -0.25) is 4.79 Å². The molecule has 0 spiro atoms. The average Bonchev–Trinajstić information content (AvgIpc) is 3.32. The van der Waals surface area contributed by atoms with E-state index in [1.165, 1.54) is 0 Å². The predicted octanol–water partition coefficient (Wildman–Crippen LogP) is 9.02. The lowest BCUT2D eigenvalue weighted by molar-refractivity contribution is -0.136. The van der Waals surface area contributed by atoms with Crippen molar-refractivity contribution in [2.75, 3.05) is 0 Å². The summed E-state index contributed by atoms with van der Waals surface area (Å²) in [4.78, 5) is 10.8. The van der Waals surface area contributed by atoms with E-state index in [1.807, 2.05) is 42.5 Å². The lowest BCUT2D eigenvalue weighted by atomic mass is 9.99. The molecule has 0 saturated heterocycles. The molecule has 5 nitrogen and oxygen atoms in total. The van der Waals surface area contributed by atoms with Gasteiger partial charge in [0.15, 0.2) is 0 Å². The van der Waals surface area contributed by atoms with E-state index < -0.39 is 5.97 Å². The first-order valence-corrected chi connectivity index (χ1v) is 13.6. The van der Waals surface area contributed by atoms with E-state index >= 15 is 0 Å². The van der Waals surface area contributed by atoms with Crippen LogP contribution in [0.15, 0.2) is 83.4 Å². The maximum absolute atomic E-state index is 10.8. The first-order valence-electron chi connectivity index (χ1n) is 12.8. The van der Waals surface area contributed by atoms with Gasteiger partial charge in [-0.25, -0.2) is 0 Å². The Kier molecular flexibility index (Phi) is 8.20. The minimum atomic E-state index is -0.787. The fourth-order valence-corrected chi connectivity index (χ4v) is 5.18. The van der Waals surface area contributed by atoms with Crippen LogP contribution in [0.5, 0.6) is 5.75 Å². The van der Waals surface area contributed by atoms with Crippen molar-refractivity contribution in [3.8, 4) is 28.1 Å². The Morgan fingerprint density at radius 1 is 0.897 bits per heavy atom. The lowest BCUT2D eigenvalue weighted by Gasteiger charge is -2.11. The predicted molar refractivity (Wildman–Crippen MR) is 156 cm³/mol. The molecule has 0 atom stereocenters. The van der Waals surface area contributed by atoms with Crippen LogP contribution in [-0.4, -0.2) is 16.2 Å². The van der Waals surface area contributed by atoms with E-state index in [1.54, 1.807) is 18.2 Å². The van der Waals surface area contributed by atoms with Gasteiger partial charge in [-0.05, 0) is 70.6 Å². The smallest absolute Gasteiger partial charge is 0.303 e. The second kappa shape index (κ2) is 11.9. The van der Waals surface area contributed by atoms with Gasteiger partial charge in [0.05, 0.1) is 15.6 Å². The number of halogens is 2. The van der Waals surface area contributed by atoms with Crippen molar-refractivity contribution in [2.24, 2.45) is 0 Å². The fourth-order valence-electron chi connectivity index (χ4n) is 4.60. The van der Waals surface area contributed by atoms with Gasteiger partial charge in [0.1, 0.15) is 23.8 Å². The van der Waals surface area contributed by atoms with Crippen molar-refractivity contribution in [3.63, 3.8) is 0 Å². The van der Waals surface area contributed by atoms with Crippen molar-refractivity contribution >= 4 is 39.9 Å². The summed E-state index contributed by atoms with van der Waals surface area (Å²) in [6, 6.07) is 25.7. The molecule has 1 heterocycles. The quantitative estimate of drug-likeness (QED) is 0.185. The van der Waals surface area contributed by atoms with E-state index in [0.29, 0.717) is 27.7 Å². The highest BCUT2D eigenvalue weighted by Gasteiger charge is 2.22. The molecule has 5 rings (SSSR count). The Hall–Kier alpha value is -3.80. The van der Waals surface area contributed by atoms with Crippen LogP contribution in [0.2, 0.25) is 10.0 Å². The Morgan fingerprint density at radius 3 is 2.31 bits per heavy atom. The molecule has 0 amide bonds. The van der Waals surface area contributed by atoms with Crippen LogP contribution < -0.4 is 4.74 Å². The van der Waals surface area contributed by atoms with Gasteiger partial charge >= 0.3 is 5.97 Å². The summed E-state index contributed by atoms with van der Waals surface area (Å²) < 4.78 is 11.9. The molecule has 0 aliphatic rings. The third-order valence-corrected chi connectivity index (χ3v) is 7.29. The highest BCUT2D eigenvalue weighted by molar-refractivity contribution is 6.39. The summed E-state index contributed by atoms with van der Waals surface area (Å²) in [6.45, 7) is 2.36. The number of carboxylic acid groups (broad SMARTS) is 1. The number of aliphatic carboxylic acids is 1. The number of rotatable bonds is 10. The highest BCUT2D eigenvalue weighted by atomic mass is 35.5. The SMILES string of the molecule is CCCc1onc(-c2c(Cl)cccc2Cl)c1COc1ccc2cc(-c3ccc(CCC(=O)O)cc3)ccc2c1. The zero-order chi connectivity index (χ0) is 27.4. The van der Waals surface area contributed by atoms with E-state index in [-0.39, 0.29) is 13.0 Å². The number of carboxylic acids is 1. The number of aromatic nitrogens is 1. The van der Waals surface area contributed by atoms with Gasteiger partial charge in [-0.2, -0.15) is 0 Å². The Bertz CT molecular complexity index is 1610. The summed E-state index contributed by atoms with van der Waals surface area (Å²) in [6.07, 6.45) is 2.29. The van der Waals surface area contributed by atoms with Crippen LogP contribution in [0, 0.1) is 0 Å². The van der Waals surface area contributed by atoms with Crippen molar-refractivity contribution in [1.29, 1.82) is 0 Å². The van der Waals surface area contributed by atoms with Gasteiger partial charge in [0, 0.05) is 18.4 Å². The Morgan fingerprint density at radius 2 is 1.59 bits per heavy atom. The van der Waals surface area contributed by atoms with Crippen LogP contribution in [0.1, 0.15) is 36.7 Å². The summed E-state index contributed by atoms with van der Waals surface area (Å²) in [5.41, 5.74) is 5.28. The number of nitrogens with zero attached hydrogens (tertiary/aromatic N) is 1. The molecule has 7 heteroatoms. The van der Waals surface area contributed by atoms with Crippen LogP contribution in [0.3, 0.4) is 0 Å². The molecule has 0 aliphatic heterocycles. The Labute approximate surface area is 236 Å². The maximum atomic E-state index is 10.8. The standard InChI is InChI=1S/C32H27Cl2NO4/c1-2-4-29-26(32(35-39-29)31-27(33)5-3-6-28(31)34)19-38-25-15-14-23-17-22(12-13-24(23)18-25)21-10-7-20(8-11-21)9-16-30(36)37/h3,5-8,10-15,17-18H,2,4,9,16,19H2,1H3,(H,36,37). The number of benzene rings is 4. The van der Waals surface area contributed by atoms with Gasteiger partial charge < -0.3 is 14.4 Å². The molecule has 0 fully saturated rings. The zero-order valence-corrected chi connectivity index (χ0v) is 22.9. The van der Waals surface area contributed by atoms with E-state index in [9.17, 15) is 4.79 Å². The lowest BCUT2D eigenvalue weighted by Crippen LogP contribution is -2.00. The van der Waals surface area contributed by atoms with Gasteiger partial charge in [0.2, 0.25) is 0 Å². The average molecular weight is 560 g/mol. The maximum Gasteiger partial charge on any atom is 0.303 e. The summed E-state index contributed by atoms with van der Waals surface area (Å²) in [5.74, 6) is 0.714. The number of carbonyl (C=O) groups is 1. The van der Waals surface area contributed by atoms with E-state index in [4.69, 9.17) is 37.6 Å². The molecule has 198 valence electrons. The molecule has 0 bridgehead atoms. The van der Waals surface area contributed by atoms with Crippen LogP contribution >= 0.6 is 23.2 Å². The first-order chi connectivity index (χ1) is 18.9. The number of hydrogen-bond acceptors (Lipinski definition) is 4. The zero-order valence-electron chi connectivity index (χ0n) is 21.4. The molecular weight excluding hydrogens is 533 g/mol. The minimum Gasteiger partial charge on any atom is -0.489 e. The monoisotopic (exact) mass is 559 g/mol. The fraction of sp³-hybridized carbons (Fsp3) is 0.188. The van der Waals surface area contributed by atoms with Crippen molar-refractivity contribution in [2.45, 2.75) is 39.2 Å². The normalized spacial score (nSPS) is 11.2. The topological polar surface area (TPSA) is 72.6 Å². The molecule has 0 saturated carbocycles. The van der Waals surface area contributed by atoms with Crippen molar-refractivity contribution < 1.29 is 19.2 Å². The molecule has 0 aliphatic carbocycles. The van der Waals surface area contributed by atoms with Crippen molar-refractivity contribution in [1.82, 2.24) is 5.16 Å². The molecule has 0 unspecified atom stereocenters. The Balaban J connectivity index is 1.36. The van der Waals surface area contributed by atoms with Crippen LogP contribution in [-0.2, 0) is 24.2 Å². The van der Waals surface area contributed by atoms with E-state index in [0.717, 1.165) is 57.4 Å². The molecule has 0 radical (unpaired) electrons. The molecule has 1 aromatic heterocycles. The second-order valence-corrected chi connectivity index (χ2v) is 10.2. The van der Waals surface area contributed by atoms with Crippen LogP contribution in [0.25, 0.3) is 33.2 Å². The van der Waals surface area contributed by atoms with Gasteiger partial charge in [0.25, 0.3) is 0 Å². The molecular formula is C32H27Cl2NO4. The number of hydrogen-bond donors (Lipinski definition) is 1. The summed E-state index contributed by atoms with van der Waals surface area (Å²) in [7, 11) is 0. The highest BCUT2D eigenvalue weighted by Crippen LogP contribution is 2.38.